The minimum absolute atomic E-state index is 0.00223. The van der Waals surface area contributed by atoms with E-state index in [0.29, 0.717) is 11.7 Å². The molecule has 5 rings (SSSR count). The summed E-state index contributed by atoms with van der Waals surface area (Å²) >= 11 is 3.11. The molecule has 0 N–H and O–H groups in total. The molecule has 3 aromatic carbocycles. The summed E-state index contributed by atoms with van der Waals surface area (Å²) < 4.78 is 0. The number of carbonyl (C=O) groups excluding carboxylic acids is 1. The second-order valence-electron chi connectivity index (χ2n) is 7.48. The van der Waals surface area contributed by atoms with Crippen LogP contribution < -0.4 is 4.90 Å². The summed E-state index contributed by atoms with van der Waals surface area (Å²) in [6.07, 6.45) is 0. The summed E-state index contributed by atoms with van der Waals surface area (Å²) in [5.74, 6) is 0.00223. The first-order chi connectivity index (χ1) is 15.1. The molecular weight excluding hydrogens is 422 g/mol. The summed E-state index contributed by atoms with van der Waals surface area (Å²) in [4.78, 5) is 24.2. The number of hydrogen-bond acceptors (Lipinski definition) is 5. The van der Waals surface area contributed by atoms with Gasteiger partial charge in [-0.05, 0) is 54.1 Å². The average Bonchev–Trinajstić information content (AvgIpc) is 3.26. The molecule has 2 aliphatic heterocycles. The summed E-state index contributed by atoms with van der Waals surface area (Å²) in [6.45, 7) is 2.54. The molecule has 2 aliphatic rings. The number of thioether (sulfide) groups is 2. The molecule has 0 radical (unpaired) electrons. The predicted molar refractivity (Wildman–Crippen MR) is 131 cm³/mol. The van der Waals surface area contributed by atoms with Crippen LogP contribution in [-0.2, 0) is 11.3 Å². The molecule has 0 atom stereocenters. The third-order valence-electron chi connectivity index (χ3n) is 5.21. The van der Waals surface area contributed by atoms with E-state index < -0.39 is 0 Å². The standard InChI is InChI=1S/C25H21N3OS2/c1-17-9-8-12-19(15-17)26-25-28(16-18-10-4-3-5-11-18)23(29)22(31-25)24-27(2)20-13-6-7-14-21(20)30-24/h3-15H,16H2,1-2H3/b24-22-,26-25?. The van der Waals surface area contributed by atoms with Gasteiger partial charge in [-0.15, -0.1) is 0 Å². The molecule has 1 fully saturated rings. The quantitative estimate of drug-likeness (QED) is 0.454. The van der Waals surface area contributed by atoms with E-state index in [4.69, 9.17) is 4.99 Å². The Kier molecular flexibility index (Phi) is 5.34. The van der Waals surface area contributed by atoms with Crippen LogP contribution in [0.1, 0.15) is 11.1 Å². The molecule has 4 nitrogen and oxygen atoms in total. The van der Waals surface area contributed by atoms with E-state index in [1.165, 1.54) is 16.7 Å². The fourth-order valence-corrected chi connectivity index (χ4v) is 5.98. The maximum atomic E-state index is 13.6. The Morgan fingerprint density at radius 1 is 0.903 bits per heavy atom. The smallest absolute Gasteiger partial charge is 0.269 e. The molecule has 154 valence electrons. The second kappa shape index (κ2) is 8.29. The number of nitrogens with zero attached hydrogens (tertiary/aromatic N) is 3. The number of carbonyl (C=O) groups is 1. The molecule has 1 amide bonds. The van der Waals surface area contributed by atoms with Gasteiger partial charge >= 0.3 is 0 Å². The zero-order valence-corrected chi connectivity index (χ0v) is 18.9. The lowest BCUT2D eigenvalue weighted by atomic mass is 10.2. The topological polar surface area (TPSA) is 35.9 Å². The van der Waals surface area contributed by atoms with Gasteiger partial charge in [0.1, 0.15) is 4.91 Å². The van der Waals surface area contributed by atoms with Crippen molar-refractivity contribution in [2.45, 2.75) is 18.4 Å². The first kappa shape index (κ1) is 20.0. The van der Waals surface area contributed by atoms with Crippen molar-refractivity contribution in [2.75, 3.05) is 11.9 Å². The summed E-state index contributed by atoms with van der Waals surface area (Å²) in [6, 6.07) is 26.4. The Labute approximate surface area is 190 Å². The molecule has 0 spiro atoms. The Balaban J connectivity index is 1.56. The Morgan fingerprint density at radius 3 is 2.45 bits per heavy atom. The Hall–Kier alpha value is -2.96. The highest BCUT2D eigenvalue weighted by Gasteiger charge is 2.39. The van der Waals surface area contributed by atoms with Crippen molar-refractivity contribution in [3.05, 3.63) is 99.9 Å². The van der Waals surface area contributed by atoms with Gasteiger partial charge in [0.05, 0.1) is 22.9 Å². The second-order valence-corrected chi connectivity index (χ2v) is 9.48. The molecule has 2 heterocycles. The van der Waals surface area contributed by atoms with Crippen molar-refractivity contribution >= 4 is 46.0 Å². The number of fused-ring (bicyclic) bond motifs is 1. The maximum Gasteiger partial charge on any atom is 0.269 e. The number of anilines is 1. The number of amides is 1. The maximum absolute atomic E-state index is 13.6. The van der Waals surface area contributed by atoms with Crippen LogP contribution >= 0.6 is 23.5 Å². The first-order valence-corrected chi connectivity index (χ1v) is 11.7. The molecule has 6 heteroatoms. The number of aliphatic imine (C=N–C) groups is 1. The molecule has 31 heavy (non-hydrogen) atoms. The number of rotatable bonds is 3. The van der Waals surface area contributed by atoms with Gasteiger partial charge < -0.3 is 4.90 Å². The number of hydrogen-bond donors (Lipinski definition) is 0. The summed E-state index contributed by atoms with van der Waals surface area (Å²) in [5.41, 5.74) is 4.21. The zero-order chi connectivity index (χ0) is 21.4. The van der Waals surface area contributed by atoms with Crippen molar-refractivity contribution in [3.63, 3.8) is 0 Å². The van der Waals surface area contributed by atoms with Crippen molar-refractivity contribution in [1.29, 1.82) is 0 Å². The lowest BCUT2D eigenvalue weighted by Crippen LogP contribution is -2.29. The highest BCUT2D eigenvalue weighted by Crippen LogP contribution is 2.50. The largest absolute Gasteiger partial charge is 0.337 e. The van der Waals surface area contributed by atoms with E-state index >= 15 is 0 Å². The van der Waals surface area contributed by atoms with Crippen molar-refractivity contribution in [2.24, 2.45) is 4.99 Å². The lowest BCUT2D eigenvalue weighted by Gasteiger charge is -2.17. The van der Waals surface area contributed by atoms with E-state index in [2.05, 4.69) is 17.0 Å². The van der Waals surface area contributed by atoms with Crippen LogP contribution in [0.4, 0.5) is 11.4 Å². The van der Waals surface area contributed by atoms with Crippen LogP contribution in [0.5, 0.6) is 0 Å². The fraction of sp³-hybridized carbons (Fsp3) is 0.120. The van der Waals surface area contributed by atoms with E-state index in [-0.39, 0.29) is 5.91 Å². The monoisotopic (exact) mass is 443 g/mol. The van der Waals surface area contributed by atoms with Crippen molar-refractivity contribution in [3.8, 4) is 0 Å². The van der Waals surface area contributed by atoms with Crippen LogP contribution in [0.25, 0.3) is 0 Å². The van der Waals surface area contributed by atoms with Gasteiger partial charge in [0.25, 0.3) is 5.91 Å². The summed E-state index contributed by atoms with van der Waals surface area (Å²) in [5, 5.41) is 1.68. The summed E-state index contributed by atoms with van der Waals surface area (Å²) in [7, 11) is 2.02. The molecule has 1 saturated heterocycles. The number of benzene rings is 3. The van der Waals surface area contributed by atoms with Crippen LogP contribution in [0.3, 0.4) is 0 Å². The van der Waals surface area contributed by atoms with E-state index in [1.54, 1.807) is 16.7 Å². The average molecular weight is 444 g/mol. The molecule has 0 bridgehead atoms. The normalized spacial score (nSPS) is 19.4. The number of para-hydroxylation sites is 1. The van der Waals surface area contributed by atoms with E-state index in [0.717, 1.165) is 32.4 Å². The van der Waals surface area contributed by atoms with Gasteiger partial charge in [-0.1, -0.05) is 66.4 Å². The van der Waals surface area contributed by atoms with Gasteiger partial charge in [0.15, 0.2) is 5.17 Å². The lowest BCUT2D eigenvalue weighted by molar-refractivity contribution is -0.122. The van der Waals surface area contributed by atoms with Crippen LogP contribution in [0.15, 0.2) is 98.7 Å². The fourth-order valence-electron chi connectivity index (χ4n) is 3.63. The van der Waals surface area contributed by atoms with Gasteiger partial charge in [-0.3, -0.25) is 9.69 Å². The highest BCUT2D eigenvalue weighted by atomic mass is 32.2. The van der Waals surface area contributed by atoms with Crippen molar-refractivity contribution < 1.29 is 4.79 Å². The molecule has 0 unspecified atom stereocenters. The van der Waals surface area contributed by atoms with Crippen LogP contribution in [0.2, 0.25) is 0 Å². The number of amidine groups is 1. The Bertz CT molecular complexity index is 1220. The molecule has 0 aliphatic carbocycles. The molecule has 0 saturated carbocycles. The van der Waals surface area contributed by atoms with Crippen LogP contribution in [0, 0.1) is 6.92 Å². The van der Waals surface area contributed by atoms with Gasteiger partial charge in [-0.25, -0.2) is 4.99 Å². The van der Waals surface area contributed by atoms with Gasteiger partial charge in [0, 0.05) is 11.9 Å². The minimum atomic E-state index is 0.00223. The van der Waals surface area contributed by atoms with Crippen molar-refractivity contribution in [1.82, 2.24) is 4.90 Å². The predicted octanol–water partition coefficient (Wildman–Crippen LogP) is 6.17. The highest BCUT2D eigenvalue weighted by molar-refractivity contribution is 8.19. The molecule has 0 aromatic heterocycles. The van der Waals surface area contributed by atoms with E-state index in [9.17, 15) is 4.79 Å². The SMILES string of the molecule is Cc1cccc(N=C2S/C(=C3\Sc4ccccc4N3C)C(=O)N2Cc2ccccc2)c1. The first-order valence-electron chi connectivity index (χ1n) is 10.0. The minimum Gasteiger partial charge on any atom is -0.337 e. The zero-order valence-electron chi connectivity index (χ0n) is 17.3. The Morgan fingerprint density at radius 2 is 1.68 bits per heavy atom. The molecular formula is C25H21N3OS2. The van der Waals surface area contributed by atoms with Crippen LogP contribution in [-0.4, -0.2) is 23.0 Å². The number of aryl methyl sites for hydroxylation is 1. The van der Waals surface area contributed by atoms with Gasteiger partial charge in [0.2, 0.25) is 0 Å². The van der Waals surface area contributed by atoms with E-state index in [1.807, 2.05) is 80.7 Å². The van der Waals surface area contributed by atoms with Gasteiger partial charge in [-0.2, -0.15) is 0 Å². The third kappa shape index (κ3) is 3.89. The molecule has 3 aromatic rings. The third-order valence-corrected chi connectivity index (χ3v) is 7.64.